The van der Waals surface area contributed by atoms with Crippen LogP contribution in [0.2, 0.25) is 0 Å². The quantitative estimate of drug-likeness (QED) is 0.353. The predicted molar refractivity (Wildman–Crippen MR) is 133 cm³/mol. The summed E-state index contributed by atoms with van der Waals surface area (Å²) in [5, 5.41) is 0. The van der Waals surface area contributed by atoms with Crippen LogP contribution in [0.3, 0.4) is 0 Å². The van der Waals surface area contributed by atoms with Crippen molar-refractivity contribution in [2.45, 2.75) is 136 Å². The molecule has 0 bridgehead atoms. The van der Waals surface area contributed by atoms with E-state index in [4.69, 9.17) is 9.47 Å². The lowest BCUT2D eigenvalue weighted by atomic mass is 9.44. The van der Waals surface area contributed by atoms with E-state index in [-0.39, 0.29) is 5.60 Å². The number of epoxide rings is 1. The summed E-state index contributed by atoms with van der Waals surface area (Å²) in [4.78, 5) is 0. The van der Waals surface area contributed by atoms with Gasteiger partial charge in [-0.25, -0.2) is 0 Å². The third-order valence-electron chi connectivity index (χ3n) is 11.8. The van der Waals surface area contributed by atoms with E-state index in [1.54, 1.807) is 0 Å². The van der Waals surface area contributed by atoms with Gasteiger partial charge in [-0.15, -0.1) is 0 Å². The van der Waals surface area contributed by atoms with E-state index >= 15 is 0 Å². The Labute approximate surface area is 199 Å². The van der Waals surface area contributed by atoms with Gasteiger partial charge >= 0.3 is 0 Å². The molecule has 5 fully saturated rings. The maximum absolute atomic E-state index is 6.73. The summed E-state index contributed by atoms with van der Waals surface area (Å²) < 4.78 is 13.0. The van der Waals surface area contributed by atoms with Crippen molar-refractivity contribution in [2.75, 3.05) is 6.61 Å². The number of ether oxygens (including phenoxy) is 2. The van der Waals surface area contributed by atoms with Crippen molar-refractivity contribution >= 4 is 0 Å². The fourth-order valence-corrected chi connectivity index (χ4v) is 10.1. The first kappa shape index (κ1) is 23.7. The van der Waals surface area contributed by atoms with E-state index in [1.165, 1.54) is 70.6 Å². The molecule has 2 heteroatoms. The number of hydrogen-bond acceptors (Lipinski definition) is 2. The van der Waals surface area contributed by atoms with E-state index in [0.717, 1.165) is 48.5 Å². The lowest BCUT2D eigenvalue weighted by Crippen LogP contribution is -2.58. The molecule has 1 heterocycles. The van der Waals surface area contributed by atoms with Crippen LogP contribution in [0, 0.1) is 46.3 Å². The molecule has 4 aliphatic carbocycles. The van der Waals surface area contributed by atoms with Crippen molar-refractivity contribution in [2.24, 2.45) is 46.3 Å². The average molecular weight is 445 g/mol. The van der Waals surface area contributed by atoms with Gasteiger partial charge in [0.1, 0.15) is 5.60 Å². The van der Waals surface area contributed by atoms with Gasteiger partial charge in [0.2, 0.25) is 0 Å². The number of hydrogen-bond donors (Lipinski definition) is 0. The van der Waals surface area contributed by atoms with Crippen LogP contribution in [-0.2, 0) is 9.47 Å². The van der Waals surface area contributed by atoms with Gasteiger partial charge in [0.25, 0.3) is 0 Å². The summed E-state index contributed by atoms with van der Waals surface area (Å²) in [5.41, 5.74) is 1.15. The highest BCUT2D eigenvalue weighted by atomic mass is 16.6. The molecule has 2 unspecified atom stereocenters. The SMILES string of the molecule is CCCO[C@H]1CC[C@]2(C)[C@H]3CC[C@]4(C)[C@@H]([C@H](C)CCCC(C)C)CC[C@H]4[C@@H]3CC3OC32C1. The largest absolute Gasteiger partial charge is 0.378 e. The molecular weight excluding hydrogens is 392 g/mol. The molecule has 10 atom stereocenters. The lowest BCUT2D eigenvalue weighted by Gasteiger charge is -2.59. The molecule has 0 amide bonds. The highest BCUT2D eigenvalue weighted by Gasteiger charge is 2.76. The van der Waals surface area contributed by atoms with E-state index < -0.39 is 0 Å². The van der Waals surface area contributed by atoms with Gasteiger partial charge in [-0.1, -0.05) is 60.8 Å². The fourth-order valence-electron chi connectivity index (χ4n) is 10.1. The van der Waals surface area contributed by atoms with Gasteiger partial charge in [0.15, 0.2) is 0 Å². The van der Waals surface area contributed by atoms with Gasteiger partial charge in [0, 0.05) is 18.4 Å². The van der Waals surface area contributed by atoms with Crippen molar-refractivity contribution in [3.05, 3.63) is 0 Å². The Kier molecular flexibility index (Phi) is 6.31. The van der Waals surface area contributed by atoms with Crippen molar-refractivity contribution in [1.82, 2.24) is 0 Å². The molecule has 5 rings (SSSR count). The third kappa shape index (κ3) is 3.55. The van der Waals surface area contributed by atoms with Crippen LogP contribution in [-0.4, -0.2) is 24.4 Å². The topological polar surface area (TPSA) is 21.8 Å². The van der Waals surface area contributed by atoms with Crippen LogP contribution >= 0.6 is 0 Å². The van der Waals surface area contributed by atoms with E-state index in [1.807, 2.05) is 0 Å². The molecule has 2 nitrogen and oxygen atoms in total. The first-order valence-electron chi connectivity index (χ1n) is 14.5. The first-order valence-corrected chi connectivity index (χ1v) is 14.5. The van der Waals surface area contributed by atoms with E-state index in [0.29, 0.717) is 23.0 Å². The Morgan fingerprint density at radius 2 is 1.78 bits per heavy atom. The second-order valence-electron chi connectivity index (χ2n) is 13.8. The first-order chi connectivity index (χ1) is 15.2. The smallest absolute Gasteiger partial charge is 0.103 e. The minimum atomic E-state index is 0.167. The minimum Gasteiger partial charge on any atom is -0.378 e. The zero-order valence-corrected chi connectivity index (χ0v) is 22.1. The second kappa shape index (κ2) is 8.54. The average Bonchev–Trinajstić information content (AvgIpc) is 3.33. The molecule has 1 spiro atoms. The van der Waals surface area contributed by atoms with Crippen LogP contribution in [0.25, 0.3) is 0 Å². The van der Waals surface area contributed by atoms with Crippen LogP contribution < -0.4 is 0 Å². The number of fused-ring (bicyclic) bond motifs is 4. The zero-order chi connectivity index (χ0) is 22.7. The lowest BCUT2D eigenvalue weighted by molar-refractivity contribution is -0.125. The molecule has 32 heavy (non-hydrogen) atoms. The van der Waals surface area contributed by atoms with E-state index in [9.17, 15) is 0 Å². The zero-order valence-electron chi connectivity index (χ0n) is 22.1. The highest BCUT2D eigenvalue weighted by Crippen LogP contribution is 2.74. The Morgan fingerprint density at radius 3 is 2.53 bits per heavy atom. The van der Waals surface area contributed by atoms with Gasteiger partial charge in [-0.2, -0.15) is 0 Å². The second-order valence-corrected chi connectivity index (χ2v) is 13.8. The summed E-state index contributed by atoms with van der Waals surface area (Å²) >= 11 is 0. The van der Waals surface area contributed by atoms with Crippen molar-refractivity contribution in [1.29, 1.82) is 0 Å². The summed E-state index contributed by atoms with van der Waals surface area (Å²) in [5.74, 6) is 5.47. The third-order valence-corrected chi connectivity index (χ3v) is 11.8. The van der Waals surface area contributed by atoms with Crippen molar-refractivity contribution < 1.29 is 9.47 Å². The van der Waals surface area contributed by atoms with Crippen molar-refractivity contribution in [3.63, 3.8) is 0 Å². The Morgan fingerprint density at radius 1 is 0.969 bits per heavy atom. The molecule has 0 aromatic carbocycles. The maximum atomic E-state index is 6.73. The molecule has 5 aliphatic rings. The summed E-state index contributed by atoms with van der Waals surface area (Å²) in [6, 6.07) is 0. The van der Waals surface area contributed by atoms with Crippen LogP contribution in [0.5, 0.6) is 0 Å². The summed E-state index contributed by atoms with van der Waals surface area (Å²) in [6.07, 6.45) is 17.4. The molecule has 0 aromatic heterocycles. The molecule has 0 aromatic rings. The van der Waals surface area contributed by atoms with Gasteiger partial charge in [-0.3, -0.25) is 0 Å². The van der Waals surface area contributed by atoms with Gasteiger partial charge in [0.05, 0.1) is 12.2 Å². The predicted octanol–water partition coefficient (Wildman–Crippen LogP) is 8.03. The van der Waals surface area contributed by atoms with Crippen molar-refractivity contribution in [3.8, 4) is 0 Å². The molecule has 0 N–H and O–H groups in total. The summed E-state index contributed by atoms with van der Waals surface area (Å²) in [7, 11) is 0. The molecular formula is C30H52O2. The molecule has 1 aliphatic heterocycles. The number of rotatable bonds is 8. The Balaban J connectivity index is 1.29. The van der Waals surface area contributed by atoms with Crippen LogP contribution in [0.4, 0.5) is 0 Å². The molecule has 0 radical (unpaired) electrons. The standard InChI is InChI=1S/C30H52O2/c1-7-17-31-22-13-16-29(6)26-14-15-28(5)24(21(4)10-8-9-20(2)3)11-12-25(28)23(26)18-27-30(29,19-22)32-27/h20-27H,7-19H2,1-6H3/t21-,22+,23+,24-,25+,26+,27?,28-,29-,30?/m1/s1. The monoisotopic (exact) mass is 444 g/mol. The molecule has 4 saturated carbocycles. The Bertz CT molecular complexity index is 674. The normalized spacial score (nSPS) is 50.3. The molecule has 1 saturated heterocycles. The van der Waals surface area contributed by atoms with Crippen LogP contribution in [0.15, 0.2) is 0 Å². The highest BCUT2D eigenvalue weighted by molar-refractivity contribution is 5.24. The minimum absolute atomic E-state index is 0.167. The van der Waals surface area contributed by atoms with Crippen LogP contribution in [0.1, 0.15) is 119 Å². The maximum Gasteiger partial charge on any atom is 0.103 e. The van der Waals surface area contributed by atoms with Gasteiger partial charge < -0.3 is 9.47 Å². The summed E-state index contributed by atoms with van der Waals surface area (Å²) in [6.45, 7) is 15.9. The Hall–Kier alpha value is -0.0800. The fraction of sp³-hybridized carbons (Fsp3) is 1.00. The van der Waals surface area contributed by atoms with Gasteiger partial charge in [-0.05, 0) is 92.3 Å². The molecule has 184 valence electrons. The van der Waals surface area contributed by atoms with E-state index in [2.05, 4.69) is 41.5 Å².